The maximum atomic E-state index is 9.87. The number of para-hydroxylation sites is 1. The maximum Gasteiger partial charge on any atom is 0.160 e. The van der Waals surface area contributed by atoms with Crippen molar-refractivity contribution < 1.29 is 14.6 Å². The van der Waals surface area contributed by atoms with Crippen molar-refractivity contribution in [3.05, 3.63) is 53.6 Å². The number of hydrogen-bond acceptors (Lipinski definition) is 4. The van der Waals surface area contributed by atoms with E-state index >= 15 is 0 Å². The summed E-state index contributed by atoms with van der Waals surface area (Å²) in [5.41, 5.74) is 2.37. The quantitative estimate of drug-likeness (QED) is 0.846. The Morgan fingerprint density at radius 1 is 1.29 bits per heavy atom. The number of methoxy groups -OCH3 is 1. The van der Waals surface area contributed by atoms with E-state index in [9.17, 15) is 5.11 Å². The van der Waals surface area contributed by atoms with E-state index in [1.165, 1.54) is 5.56 Å². The van der Waals surface area contributed by atoms with Crippen LogP contribution in [-0.4, -0.2) is 24.9 Å². The van der Waals surface area contributed by atoms with Gasteiger partial charge in [0.25, 0.3) is 0 Å². The van der Waals surface area contributed by atoms with E-state index in [0.717, 1.165) is 37.2 Å². The molecule has 4 nitrogen and oxygen atoms in total. The third-order valence-corrected chi connectivity index (χ3v) is 4.55. The van der Waals surface area contributed by atoms with Crippen LogP contribution in [-0.2, 0) is 6.42 Å². The highest BCUT2D eigenvalue weighted by atomic mass is 16.5. The molecule has 2 aromatic rings. The zero-order chi connectivity index (χ0) is 16.9. The Bertz CT molecular complexity index is 686. The molecule has 0 amide bonds. The summed E-state index contributed by atoms with van der Waals surface area (Å²) in [5.74, 6) is 1.71. The first-order valence-electron chi connectivity index (χ1n) is 8.51. The van der Waals surface area contributed by atoms with E-state index in [1.807, 2.05) is 24.3 Å². The largest absolute Gasteiger partial charge is 0.504 e. The molecule has 1 aliphatic heterocycles. The molecule has 0 saturated heterocycles. The Kier molecular flexibility index (Phi) is 5.26. The fourth-order valence-corrected chi connectivity index (χ4v) is 3.22. The normalized spacial score (nSPS) is 17.7. The van der Waals surface area contributed by atoms with Crippen molar-refractivity contribution in [2.75, 3.05) is 13.7 Å². The first-order chi connectivity index (χ1) is 11.7. The third-order valence-electron chi connectivity index (χ3n) is 4.55. The van der Waals surface area contributed by atoms with Crippen LogP contribution in [0.1, 0.15) is 36.9 Å². The first-order valence-corrected chi connectivity index (χ1v) is 8.51. The monoisotopic (exact) mass is 327 g/mol. The molecule has 0 radical (unpaired) electrons. The average Bonchev–Trinajstić information content (AvgIpc) is 2.60. The maximum absolute atomic E-state index is 9.87. The molecule has 1 aliphatic rings. The molecule has 4 heteroatoms. The predicted molar refractivity (Wildman–Crippen MR) is 94.9 cm³/mol. The van der Waals surface area contributed by atoms with Gasteiger partial charge < -0.3 is 19.9 Å². The molecule has 2 aromatic carbocycles. The van der Waals surface area contributed by atoms with Gasteiger partial charge in [0.05, 0.1) is 13.7 Å². The van der Waals surface area contributed by atoms with Crippen molar-refractivity contribution >= 4 is 0 Å². The number of rotatable bonds is 6. The second kappa shape index (κ2) is 7.58. The van der Waals surface area contributed by atoms with E-state index < -0.39 is 0 Å². The molecule has 128 valence electrons. The molecule has 0 saturated carbocycles. The number of ether oxygens (including phenoxy) is 2. The molecule has 0 aliphatic carbocycles. The SMILES string of the molecule is COc1ccc(CC[C@H](C)N[C@@H]2CCOc3ccccc32)cc1O. The number of aryl methyl sites for hydroxylation is 1. The number of nitrogens with one attached hydrogen (secondary N) is 1. The second-order valence-electron chi connectivity index (χ2n) is 6.34. The molecule has 0 spiro atoms. The molecule has 1 heterocycles. The molecule has 2 N–H and O–H groups in total. The standard InChI is InChI=1S/C20H25NO3/c1-14(7-8-15-9-10-20(23-2)18(22)13-15)21-17-11-12-24-19-6-4-3-5-16(17)19/h3-6,9-10,13-14,17,21-22H,7-8,11-12H2,1-2H3/t14-,17+/m0/s1. The highest BCUT2D eigenvalue weighted by Crippen LogP contribution is 2.32. The van der Waals surface area contributed by atoms with Crippen LogP contribution in [0.25, 0.3) is 0 Å². The molecule has 0 unspecified atom stereocenters. The molecule has 0 bridgehead atoms. The summed E-state index contributed by atoms with van der Waals surface area (Å²) in [5, 5.41) is 13.6. The molecule has 0 aromatic heterocycles. The number of aromatic hydroxyl groups is 1. The second-order valence-corrected chi connectivity index (χ2v) is 6.34. The first kappa shape index (κ1) is 16.7. The van der Waals surface area contributed by atoms with Crippen molar-refractivity contribution in [1.82, 2.24) is 5.32 Å². The molecule has 3 rings (SSSR count). The summed E-state index contributed by atoms with van der Waals surface area (Å²) in [4.78, 5) is 0. The fourth-order valence-electron chi connectivity index (χ4n) is 3.22. The van der Waals surface area contributed by atoms with Gasteiger partial charge in [-0.05, 0) is 43.5 Å². The number of hydrogen-bond donors (Lipinski definition) is 2. The average molecular weight is 327 g/mol. The predicted octanol–water partition coefficient (Wildman–Crippen LogP) is 3.84. The Morgan fingerprint density at radius 2 is 2.12 bits per heavy atom. The van der Waals surface area contributed by atoms with Gasteiger partial charge in [0.2, 0.25) is 0 Å². The van der Waals surface area contributed by atoms with Crippen molar-refractivity contribution in [3.63, 3.8) is 0 Å². The van der Waals surface area contributed by atoms with Crippen LogP contribution in [0.4, 0.5) is 0 Å². The van der Waals surface area contributed by atoms with E-state index in [1.54, 1.807) is 13.2 Å². The van der Waals surface area contributed by atoms with Gasteiger partial charge >= 0.3 is 0 Å². The number of fused-ring (bicyclic) bond motifs is 1. The third kappa shape index (κ3) is 3.82. The summed E-state index contributed by atoms with van der Waals surface area (Å²) in [6.45, 7) is 2.97. The minimum absolute atomic E-state index is 0.203. The van der Waals surface area contributed by atoms with Gasteiger partial charge in [-0.25, -0.2) is 0 Å². The van der Waals surface area contributed by atoms with E-state index in [2.05, 4.69) is 24.4 Å². The Balaban J connectivity index is 1.57. The summed E-state index contributed by atoms with van der Waals surface area (Å²) in [7, 11) is 1.56. The Hall–Kier alpha value is -2.20. The summed E-state index contributed by atoms with van der Waals surface area (Å²) in [6.07, 6.45) is 2.91. The van der Waals surface area contributed by atoms with Gasteiger partial charge in [-0.2, -0.15) is 0 Å². The smallest absolute Gasteiger partial charge is 0.160 e. The van der Waals surface area contributed by atoms with Crippen molar-refractivity contribution in [3.8, 4) is 17.2 Å². The van der Waals surface area contributed by atoms with Gasteiger partial charge in [-0.1, -0.05) is 24.3 Å². The van der Waals surface area contributed by atoms with Crippen LogP contribution >= 0.6 is 0 Å². The van der Waals surface area contributed by atoms with Crippen molar-refractivity contribution in [2.24, 2.45) is 0 Å². The topological polar surface area (TPSA) is 50.7 Å². The van der Waals surface area contributed by atoms with E-state index in [-0.39, 0.29) is 5.75 Å². The van der Waals surface area contributed by atoms with Crippen LogP contribution in [0.15, 0.2) is 42.5 Å². The van der Waals surface area contributed by atoms with Crippen molar-refractivity contribution in [1.29, 1.82) is 0 Å². The zero-order valence-corrected chi connectivity index (χ0v) is 14.3. The minimum Gasteiger partial charge on any atom is -0.504 e. The van der Waals surface area contributed by atoms with Crippen LogP contribution in [0.5, 0.6) is 17.2 Å². The van der Waals surface area contributed by atoms with Gasteiger partial charge in [-0.3, -0.25) is 0 Å². The molecule has 24 heavy (non-hydrogen) atoms. The van der Waals surface area contributed by atoms with Crippen LogP contribution in [0, 0.1) is 0 Å². The Labute approximate surface area is 143 Å². The van der Waals surface area contributed by atoms with Crippen molar-refractivity contribution in [2.45, 2.75) is 38.3 Å². The van der Waals surface area contributed by atoms with Gasteiger partial charge in [-0.15, -0.1) is 0 Å². The minimum atomic E-state index is 0.203. The van der Waals surface area contributed by atoms with E-state index in [4.69, 9.17) is 9.47 Å². The molecular formula is C20H25NO3. The van der Waals surface area contributed by atoms with Crippen LogP contribution < -0.4 is 14.8 Å². The van der Waals surface area contributed by atoms with Crippen LogP contribution in [0.2, 0.25) is 0 Å². The Morgan fingerprint density at radius 3 is 2.92 bits per heavy atom. The highest BCUT2D eigenvalue weighted by molar-refractivity contribution is 5.41. The lowest BCUT2D eigenvalue weighted by molar-refractivity contribution is 0.244. The zero-order valence-electron chi connectivity index (χ0n) is 14.3. The summed E-state index contributed by atoms with van der Waals surface area (Å²) < 4.78 is 10.8. The lowest BCUT2D eigenvalue weighted by Gasteiger charge is -2.29. The highest BCUT2D eigenvalue weighted by Gasteiger charge is 2.22. The molecular weight excluding hydrogens is 302 g/mol. The number of phenolic OH excluding ortho intramolecular Hbond substituents is 1. The van der Waals surface area contributed by atoms with Gasteiger partial charge in [0, 0.05) is 24.1 Å². The van der Waals surface area contributed by atoms with Crippen LogP contribution in [0.3, 0.4) is 0 Å². The number of benzene rings is 2. The summed E-state index contributed by atoms with van der Waals surface area (Å²) >= 11 is 0. The van der Waals surface area contributed by atoms with Gasteiger partial charge in [0.1, 0.15) is 5.75 Å². The fraction of sp³-hybridized carbons (Fsp3) is 0.400. The summed E-state index contributed by atoms with van der Waals surface area (Å²) in [6, 6.07) is 14.6. The lowest BCUT2D eigenvalue weighted by atomic mass is 9.98. The van der Waals surface area contributed by atoms with Gasteiger partial charge in [0.15, 0.2) is 11.5 Å². The molecule has 2 atom stereocenters. The number of phenols is 1. The lowest BCUT2D eigenvalue weighted by Crippen LogP contribution is -2.34. The molecule has 0 fully saturated rings. The van der Waals surface area contributed by atoms with E-state index in [0.29, 0.717) is 17.8 Å².